The van der Waals surface area contributed by atoms with Crippen LogP contribution in [-0.2, 0) is 0 Å². The Kier molecular flexibility index (Phi) is 2.69. The summed E-state index contributed by atoms with van der Waals surface area (Å²) < 4.78 is 10.6. The summed E-state index contributed by atoms with van der Waals surface area (Å²) in [5, 5.41) is 29.9. The number of phenols is 2. The number of aryl methyl sites for hydroxylation is 1. The van der Waals surface area contributed by atoms with Crippen molar-refractivity contribution in [1.82, 2.24) is 0 Å². The molecule has 0 saturated carbocycles. The van der Waals surface area contributed by atoms with Gasteiger partial charge in [0, 0.05) is 10.8 Å². The van der Waals surface area contributed by atoms with E-state index in [9.17, 15) is 20.1 Å². The third-order valence-corrected chi connectivity index (χ3v) is 3.43. The number of aromatic hydroxyl groups is 2. The molecule has 0 fully saturated rings. The number of hydrogen-bond donors (Lipinski definition) is 3. The van der Waals surface area contributed by atoms with Gasteiger partial charge in [0.05, 0.1) is 7.11 Å². The second-order valence-electron chi connectivity index (χ2n) is 4.72. The van der Waals surface area contributed by atoms with Crippen LogP contribution in [0.4, 0.5) is 0 Å². The Hall–Kier alpha value is -2.89. The summed E-state index contributed by atoms with van der Waals surface area (Å²) >= 11 is 0. The summed E-state index contributed by atoms with van der Waals surface area (Å²) in [4.78, 5) is 11.4. The van der Waals surface area contributed by atoms with Crippen molar-refractivity contribution in [1.29, 1.82) is 0 Å². The number of benzene rings is 2. The number of carbonyl (C=O) groups is 1. The van der Waals surface area contributed by atoms with Gasteiger partial charge in [0.15, 0.2) is 11.3 Å². The van der Waals surface area contributed by atoms with E-state index in [0.29, 0.717) is 22.1 Å². The van der Waals surface area contributed by atoms with Crippen molar-refractivity contribution < 1.29 is 29.3 Å². The minimum Gasteiger partial charge on any atom is -0.504 e. The van der Waals surface area contributed by atoms with Gasteiger partial charge in [-0.3, -0.25) is 0 Å². The number of hydrogen-bond acceptors (Lipinski definition) is 5. The van der Waals surface area contributed by atoms with Crippen molar-refractivity contribution in [2.24, 2.45) is 0 Å². The summed E-state index contributed by atoms with van der Waals surface area (Å²) in [6, 6.07) is 4.38. The predicted octanol–water partition coefficient (Wildman–Crippen LogP) is 3.01. The maximum absolute atomic E-state index is 11.4. The van der Waals surface area contributed by atoms with Gasteiger partial charge in [-0.15, -0.1) is 0 Å². The van der Waals surface area contributed by atoms with Crippen molar-refractivity contribution in [2.45, 2.75) is 6.92 Å². The van der Waals surface area contributed by atoms with Crippen molar-refractivity contribution >= 4 is 27.9 Å². The molecular weight excluding hydrogens is 276 g/mol. The molecule has 3 N–H and O–H groups in total. The molecule has 108 valence electrons. The molecule has 0 aliphatic carbocycles. The molecule has 0 unspecified atom stereocenters. The van der Waals surface area contributed by atoms with Gasteiger partial charge in [0.25, 0.3) is 0 Å². The third-order valence-electron chi connectivity index (χ3n) is 3.43. The fraction of sp³-hybridized carbons (Fsp3) is 0.133. The zero-order chi connectivity index (χ0) is 15.3. The Morgan fingerprint density at radius 2 is 1.90 bits per heavy atom. The maximum atomic E-state index is 11.4. The van der Waals surface area contributed by atoms with Crippen LogP contribution in [0, 0.1) is 6.92 Å². The van der Waals surface area contributed by atoms with Crippen molar-refractivity contribution in [3.8, 4) is 17.2 Å². The highest BCUT2D eigenvalue weighted by Gasteiger charge is 2.22. The van der Waals surface area contributed by atoms with Gasteiger partial charge in [0.1, 0.15) is 16.9 Å². The second-order valence-corrected chi connectivity index (χ2v) is 4.72. The largest absolute Gasteiger partial charge is 0.504 e. The molecule has 0 saturated heterocycles. The topological polar surface area (TPSA) is 100 Å². The monoisotopic (exact) mass is 288 g/mol. The van der Waals surface area contributed by atoms with Crippen LogP contribution in [0.25, 0.3) is 21.9 Å². The van der Waals surface area contributed by atoms with Crippen molar-refractivity contribution in [3.63, 3.8) is 0 Å². The van der Waals surface area contributed by atoms with E-state index in [-0.39, 0.29) is 22.5 Å². The fourth-order valence-electron chi connectivity index (χ4n) is 2.47. The average Bonchev–Trinajstić information content (AvgIpc) is 2.83. The summed E-state index contributed by atoms with van der Waals surface area (Å²) in [5.41, 5.74) is 0.767. The van der Waals surface area contributed by atoms with Gasteiger partial charge in [-0.2, -0.15) is 0 Å². The van der Waals surface area contributed by atoms with E-state index in [4.69, 9.17) is 9.15 Å². The van der Waals surface area contributed by atoms with Gasteiger partial charge in [-0.1, -0.05) is 0 Å². The Morgan fingerprint density at radius 1 is 1.19 bits per heavy atom. The molecule has 0 spiro atoms. The van der Waals surface area contributed by atoms with Crippen LogP contribution in [0.5, 0.6) is 17.2 Å². The van der Waals surface area contributed by atoms with E-state index >= 15 is 0 Å². The fourth-order valence-corrected chi connectivity index (χ4v) is 2.47. The number of furan rings is 1. The Balaban J connectivity index is 2.58. The number of carboxylic acids is 1. The first-order valence-corrected chi connectivity index (χ1v) is 6.13. The number of rotatable bonds is 2. The third kappa shape index (κ3) is 1.76. The number of fused-ring (bicyclic) bond motifs is 3. The molecule has 6 heteroatoms. The molecule has 0 aliphatic heterocycles. The van der Waals surface area contributed by atoms with Crippen molar-refractivity contribution in [2.75, 3.05) is 7.11 Å². The highest BCUT2D eigenvalue weighted by atomic mass is 16.5. The number of methoxy groups -OCH3 is 1. The molecule has 2 aromatic carbocycles. The normalized spacial score (nSPS) is 11.1. The lowest BCUT2D eigenvalue weighted by Crippen LogP contribution is -1.97. The zero-order valence-electron chi connectivity index (χ0n) is 11.3. The molecule has 3 aromatic rings. The van der Waals surface area contributed by atoms with Crippen LogP contribution in [0.2, 0.25) is 0 Å². The molecule has 0 aliphatic rings. The summed E-state index contributed by atoms with van der Waals surface area (Å²) in [6.45, 7) is 1.73. The second kappa shape index (κ2) is 4.31. The highest BCUT2D eigenvalue weighted by molar-refractivity contribution is 6.14. The minimum absolute atomic E-state index is 0.0539. The Morgan fingerprint density at radius 3 is 2.52 bits per heavy atom. The molecule has 1 heterocycles. The number of phenolic OH excluding ortho intramolecular Hbond substituents is 2. The van der Waals surface area contributed by atoms with Gasteiger partial charge >= 0.3 is 5.97 Å². The van der Waals surface area contributed by atoms with Crippen LogP contribution >= 0.6 is 0 Å². The lowest BCUT2D eigenvalue weighted by molar-refractivity contribution is 0.0697. The average molecular weight is 288 g/mol. The van der Waals surface area contributed by atoms with E-state index in [1.807, 2.05) is 0 Å². The van der Waals surface area contributed by atoms with E-state index in [0.717, 1.165) is 0 Å². The highest BCUT2D eigenvalue weighted by Crippen LogP contribution is 2.43. The summed E-state index contributed by atoms with van der Waals surface area (Å²) in [6.07, 6.45) is 0. The van der Waals surface area contributed by atoms with E-state index < -0.39 is 11.7 Å². The van der Waals surface area contributed by atoms with Crippen LogP contribution in [0.15, 0.2) is 22.6 Å². The quantitative estimate of drug-likeness (QED) is 0.627. The Bertz CT molecular complexity index is 890. The Labute approximate surface area is 118 Å². The van der Waals surface area contributed by atoms with Crippen molar-refractivity contribution in [3.05, 3.63) is 29.3 Å². The van der Waals surface area contributed by atoms with Gasteiger partial charge in [-0.25, -0.2) is 4.79 Å². The molecule has 0 bridgehead atoms. The number of ether oxygens (including phenoxy) is 1. The summed E-state index contributed by atoms with van der Waals surface area (Å²) in [5.74, 6) is -1.53. The first kappa shape index (κ1) is 13.1. The van der Waals surface area contributed by atoms with Gasteiger partial charge in [-0.05, 0) is 30.7 Å². The molecule has 0 amide bonds. The molecular formula is C15H12O6. The number of aromatic carboxylic acids is 1. The number of carboxylic acid groups (broad SMARTS) is 1. The standard InChI is InChI=1S/C15H12O6/c1-6-3-10(16)12(17)14-11(6)8-4-7(20-2)5-9(15(18)19)13(8)21-14/h3-5,16-17H,1-2H3,(H,18,19). The van der Waals surface area contributed by atoms with Crippen LogP contribution < -0.4 is 4.74 Å². The van der Waals surface area contributed by atoms with Crippen LogP contribution in [0.3, 0.4) is 0 Å². The van der Waals surface area contributed by atoms with Crippen LogP contribution in [-0.4, -0.2) is 28.4 Å². The molecule has 3 rings (SSSR count). The zero-order valence-corrected chi connectivity index (χ0v) is 11.3. The SMILES string of the molecule is COc1cc(C(=O)O)c2oc3c(O)c(O)cc(C)c3c2c1. The van der Waals surface area contributed by atoms with Gasteiger partial charge < -0.3 is 24.5 Å². The summed E-state index contributed by atoms with van der Waals surface area (Å²) in [7, 11) is 1.44. The molecule has 0 radical (unpaired) electrons. The first-order chi connectivity index (χ1) is 9.93. The minimum atomic E-state index is -1.17. The lowest BCUT2D eigenvalue weighted by Gasteiger charge is -2.03. The van der Waals surface area contributed by atoms with E-state index in [2.05, 4.69) is 0 Å². The van der Waals surface area contributed by atoms with E-state index in [1.165, 1.54) is 19.2 Å². The lowest BCUT2D eigenvalue weighted by atomic mass is 10.0. The van der Waals surface area contributed by atoms with Crippen LogP contribution in [0.1, 0.15) is 15.9 Å². The smallest absolute Gasteiger partial charge is 0.339 e. The maximum Gasteiger partial charge on any atom is 0.339 e. The molecule has 6 nitrogen and oxygen atoms in total. The first-order valence-electron chi connectivity index (χ1n) is 6.13. The molecule has 0 atom stereocenters. The predicted molar refractivity (Wildman–Crippen MR) is 75.3 cm³/mol. The van der Waals surface area contributed by atoms with Gasteiger partial charge in [0.2, 0.25) is 5.75 Å². The molecule has 1 aromatic heterocycles. The molecule has 21 heavy (non-hydrogen) atoms. The van der Waals surface area contributed by atoms with E-state index in [1.54, 1.807) is 13.0 Å².